The van der Waals surface area contributed by atoms with Crippen LogP contribution >= 0.6 is 0 Å². The van der Waals surface area contributed by atoms with Crippen molar-refractivity contribution in [1.29, 1.82) is 0 Å². The summed E-state index contributed by atoms with van der Waals surface area (Å²) in [6.07, 6.45) is -0.0685. The number of nitrogens with two attached hydrogens (primary N) is 1. The molecule has 0 spiro atoms. The van der Waals surface area contributed by atoms with Gasteiger partial charge in [-0.1, -0.05) is 6.92 Å². The van der Waals surface area contributed by atoms with E-state index in [0.717, 1.165) is 0 Å². The first-order valence-electron chi connectivity index (χ1n) is 3.91. The average molecular weight is 172 g/mol. The molecule has 0 atom stereocenters. The van der Waals surface area contributed by atoms with E-state index >= 15 is 0 Å². The van der Waals surface area contributed by atoms with Crippen LogP contribution < -0.4 is 5.73 Å². The summed E-state index contributed by atoms with van der Waals surface area (Å²) in [7, 11) is 0. The molecule has 4 nitrogen and oxygen atoms in total. The molecule has 2 N–H and O–H groups in total. The van der Waals surface area contributed by atoms with E-state index in [1.54, 1.807) is 20.8 Å². The van der Waals surface area contributed by atoms with Gasteiger partial charge >= 0.3 is 6.09 Å². The maximum atomic E-state index is 10.9. The Kier molecular flexibility index (Phi) is 3.73. The van der Waals surface area contributed by atoms with Crippen LogP contribution in [0.2, 0.25) is 0 Å². The smallest absolute Gasteiger partial charge is 0.435 e. The Morgan fingerprint density at radius 3 is 2.33 bits per heavy atom. The van der Waals surface area contributed by atoms with Crippen LogP contribution in [0.25, 0.3) is 0 Å². The number of carbonyl (C=O) groups excluding carboxylic acids is 1. The van der Waals surface area contributed by atoms with Gasteiger partial charge in [0, 0.05) is 6.42 Å². The number of nitrogens with zero attached hydrogens (tertiary/aromatic N) is 1. The topological polar surface area (TPSA) is 64.7 Å². The normalized spacial score (nSPS) is 12.8. The summed E-state index contributed by atoms with van der Waals surface area (Å²) >= 11 is 0. The van der Waals surface area contributed by atoms with Crippen LogP contribution in [0.4, 0.5) is 4.79 Å². The van der Waals surface area contributed by atoms with E-state index in [9.17, 15) is 4.79 Å². The molecule has 70 valence electrons. The molecule has 0 fully saturated rings. The zero-order valence-corrected chi connectivity index (χ0v) is 8.05. The van der Waals surface area contributed by atoms with Crippen molar-refractivity contribution in [3.63, 3.8) is 0 Å². The molecule has 4 heteroatoms. The number of amidine groups is 1. The first-order valence-corrected chi connectivity index (χ1v) is 3.91. The van der Waals surface area contributed by atoms with Gasteiger partial charge in [0.1, 0.15) is 11.4 Å². The second-order valence-electron chi connectivity index (χ2n) is 3.44. The molecule has 0 aliphatic heterocycles. The Bertz CT molecular complexity index is 192. The van der Waals surface area contributed by atoms with E-state index in [1.807, 2.05) is 6.92 Å². The molecule has 0 radical (unpaired) electrons. The quantitative estimate of drug-likeness (QED) is 0.483. The van der Waals surface area contributed by atoms with E-state index in [2.05, 4.69) is 4.99 Å². The average Bonchev–Trinajstić information content (AvgIpc) is 1.82. The summed E-state index contributed by atoms with van der Waals surface area (Å²) < 4.78 is 4.90. The first kappa shape index (κ1) is 10.9. The van der Waals surface area contributed by atoms with Crippen molar-refractivity contribution in [2.75, 3.05) is 0 Å². The highest BCUT2D eigenvalue weighted by Gasteiger charge is 2.15. The van der Waals surface area contributed by atoms with Gasteiger partial charge < -0.3 is 10.5 Å². The molecule has 0 unspecified atom stereocenters. The van der Waals surface area contributed by atoms with Crippen molar-refractivity contribution in [2.45, 2.75) is 39.7 Å². The molecule has 0 bridgehead atoms. The van der Waals surface area contributed by atoms with E-state index in [1.165, 1.54) is 0 Å². The maximum absolute atomic E-state index is 10.9. The third-order valence-electron chi connectivity index (χ3n) is 0.991. The van der Waals surface area contributed by atoms with Gasteiger partial charge in [-0.25, -0.2) is 4.79 Å². The van der Waals surface area contributed by atoms with Crippen molar-refractivity contribution in [3.05, 3.63) is 0 Å². The molecule has 0 saturated carbocycles. The Hall–Kier alpha value is -1.06. The van der Waals surface area contributed by atoms with Gasteiger partial charge in [-0.2, -0.15) is 4.99 Å². The van der Waals surface area contributed by atoms with Crippen molar-refractivity contribution >= 4 is 11.9 Å². The molecule has 0 aromatic rings. The number of aliphatic imine (C=N–C) groups is 1. The predicted octanol–water partition coefficient (Wildman–Crippen LogP) is 1.69. The highest BCUT2D eigenvalue weighted by atomic mass is 16.6. The molecule has 0 aliphatic carbocycles. The van der Waals surface area contributed by atoms with Gasteiger partial charge in [0.15, 0.2) is 0 Å². The van der Waals surface area contributed by atoms with Gasteiger partial charge in [0.25, 0.3) is 0 Å². The summed E-state index contributed by atoms with van der Waals surface area (Å²) in [5.41, 5.74) is 4.84. The van der Waals surface area contributed by atoms with Crippen LogP contribution in [0, 0.1) is 0 Å². The van der Waals surface area contributed by atoms with Gasteiger partial charge in [0.2, 0.25) is 0 Å². The van der Waals surface area contributed by atoms with Gasteiger partial charge in [0.05, 0.1) is 0 Å². The highest BCUT2D eigenvalue weighted by molar-refractivity contribution is 5.90. The zero-order valence-electron chi connectivity index (χ0n) is 8.05. The van der Waals surface area contributed by atoms with Crippen molar-refractivity contribution in [3.8, 4) is 0 Å². The minimum Gasteiger partial charge on any atom is -0.442 e. The molecule has 0 aromatic heterocycles. The Labute approximate surface area is 72.8 Å². The maximum Gasteiger partial charge on any atom is 0.435 e. The van der Waals surface area contributed by atoms with E-state index in [-0.39, 0.29) is 0 Å². The molecular weight excluding hydrogens is 156 g/mol. The molecule has 0 heterocycles. The summed E-state index contributed by atoms with van der Waals surface area (Å²) in [5.74, 6) is 0.296. The zero-order chi connectivity index (χ0) is 9.78. The molecule has 0 aromatic carbocycles. The Balaban J connectivity index is 4.08. The number of hydrogen-bond acceptors (Lipinski definition) is 2. The lowest BCUT2D eigenvalue weighted by Crippen LogP contribution is -2.23. The first-order chi connectivity index (χ1) is 5.35. The van der Waals surface area contributed by atoms with Crippen LogP contribution in [0.5, 0.6) is 0 Å². The minimum atomic E-state index is -0.623. The van der Waals surface area contributed by atoms with E-state index in [4.69, 9.17) is 10.5 Å². The largest absolute Gasteiger partial charge is 0.442 e. The van der Waals surface area contributed by atoms with E-state index < -0.39 is 11.7 Å². The lowest BCUT2D eigenvalue weighted by molar-refractivity contribution is 0.0604. The summed E-state index contributed by atoms with van der Waals surface area (Å²) in [4.78, 5) is 14.5. The molecule has 12 heavy (non-hydrogen) atoms. The molecule has 0 rings (SSSR count). The lowest BCUT2D eigenvalue weighted by atomic mass is 10.2. The summed E-state index contributed by atoms with van der Waals surface area (Å²) in [5, 5.41) is 0. The molecule has 1 amide bonds. The van der Waals surface area contributed by atoms with Crippen molar-refractivity contribution in [1.82, 2.24) is 0 Å². The number of amides is 1. The fraction of sp³-hybridized carbons (Fsp3) is 0.750. The van der Waals surface area contributed by atoms with Crippen molar-refractivity contribution in [2.24, 2.45) is 10.7 Å². The standard InChI is InChI=1S/C8H16N2O2/c1-5-6(9)10-7(11)12-8(2,3)4/h5H2,1-4H3,(H2,9,10,11). The fourth-order valence-electron chi connectivity index (χ4n) is 0.481. The lowest BCUT2D eigenvalue weighted by Gasteiger charge is -2.17. The van der Waals surface area contributed by atoms with Crippen LogP contribution in [0.15, 0.2) is 4.99 Å². The molecule has 0 saturated heterocycles. The van der Waals surface area contributed by atoms with Crippen LogP contribution in [0.3, 0.4) is 0 Å². The second kappa shape index (κ2) is 4.09. The number of ether oxygens (including phenoxy) is 1. The third kappa shape index (κ3) is 5.70. The third-order valence-corrected chi connectivity index (χ3v) is 0.991. The molecular formula is C8H16N2O2. The van der Waals surface area contributed by atoms with Gasteiger partial charge in [-0.3, -0.25) is 0 Å². The predicted molar refractivity (Wildman–Crippen MR) is 48.1 cm³/mol. The van der Waals surface area contributed by atoms with Crippen molar-refractivity contribution < 1.29 is 9.53 Å². The Morgan fingerprint density at radius 1 is 1.50 bits per heavy atom. The fourth-order valence-corrected chi connectivity index (χ4v) is 0.481. The summed E-state index contributed by atoms with van der Waals surface area (Å²) in [6, 6.07) is 0. The second-order valence-corrected chi connectivity index (χ2v) is 3.44. The van der Waals surface area contributed by atoms with E-state index in [0.29, 0.717) is 12.3 Å². The summed E-state index contributed by atoms with van der Waals surface area (Å²) in [6.45, 7) is 7.16. The van der Waals surface area contributed by atoms with Gasteiger partial charge in [-0.05, 0) is 20.8 Å². The monoisotopic (exact) mass is 172 g/mol. The number of rotatable bonds is 1. The minimum absolute atomic E-state index is 0.296. The number of carbonyl (C=O) groups is 1. The SMILES string of the molecule is CC/C(N)=N/C(=O)OC(C)(C)C. The van der Waals surface area contributed by atoms with Crippen LogP contribution in [-0.2, 0) is 4.74 Å². The molecule has 0 aliphatic rings. The highest BCUT2D eigenvalue weighted by Crippen LogP contribution is 2.07. The van der Waals surface area contributed by atoms with Gasteiger partial charge in [-0.15, -0.1) is 0 Å². The number of hydrogen-bond donors (Lipinski definition) is 1. The Morgan fingerprint density at radius 2 is 2.00 bits per heavy atom. The van der Waals surface area contributed by atoms with Crippen LogP contribution in [0.1, 0.15) is 34.1 Å². The van der Waals surface area contributed by atoms with Crippen LogP contribution in [-0.4, -0.2) is 17.5 Å².